The second-order valence-electron chi connectivity index (χ2n) is 8.57. The lowest BCUT2D eigenvalue weighted by molar-refractivity contribution is -0.101. The SMILES string of the molecule is CC1(CNC(CNC(=O)OC(C)(C)C)C2CCCCC2)COC1. The van der Waals surface area contributed by atoms with Crippen LogP contribution in [0.1, 0.15) is 59.8 Å². The molecule has 23 heavy (non-hydrogen) atoms. The predicted octanol–water partition coefficient (Wildman–Crippen LogP) is 3.09. The summed E-state index contributed by atoms with van der Waals surface area (Å²) in [4.78, 5) is 11.9. The summed E-state index contributed by atoms with van der Waals surface area (Å²) in [5, 5.41) is 6.65. The van der Waals surface area contributed by atoms with Gasteiger partial charge in [0.1, 0.15) is 5.60 Å². The van der Waals surface area contributed by atoms with Crippen molar-refractivity contribution in [2.75, 3.05) is 26.3 Å². The van der Waals surface area contributed by atoms with Gasteiger partial charge in [0, 0.05) is 24.5 Å². The molecule has 1 aliphatic heterocycles. The number of hydrogen-bond donors (Lipinski definition) is 2. The Hall–Kier alpha value is -0.810. The highest BCUT2D eigenvalue weighted by molar-refractivity contribution is 5.67. The molecule has 1 heterocycles. The third kappa shape index (κ3) is 6.30. The number of alkyl carbamates (subject to hydrolysis) is 1. The predicted molar refractivity (Wildman–Crippen MR) is 91.5 cm³/mol. The van der Waals surface area contributed by atoms with E-state index in [0.717, 1.165) is 19.8 Å². The van der Waals surface area contributed by atoms with E-state index >= 15 is 0 Å². The minimum atomic E-state index is -0.450. The van der Waals surface area contributed by atoms with E-state index in [-0.39, 0.29) is 11.5 Å². The monoisotopic (exact) mass is 326 g/mol. The van der Waals surface area contributed by atoms with Crippen LogP contribution in [0.25, 0.3) is 0 Å². The first-order chi connectivity index (χ1) is 10.8. The van der Waals surface area contributed by atoms with E-state index in [1.165, 1.54) is 32.1 Å². The van der Waals surface area contributed by atoms with Gasteiger partial charge in [0.05, 0.1) is 13.2 Å². The maximum atomic E-state index is 11.9. The molecule has 2 N–H and O–H groups in total. The number of carbonyl (C=O) groups is 1. The lowest BCUT2D eigenvalue weighted by Crippen LogP contribution is -2.54. The zero-order valence-electron chi connectivity index (χ0n) is 15.2. The van der Waals surface area contributed by atoms with Crippen molar-refractivity contribution in [2.24, 2.45) is 11.3 Å². The molecule has 1 amide bonds. The first-order valence-corrected chi connectivity index (χ1v) is 9.05. The van der Waals surface area contributed by atoms with Gasteiger partial charge < -0.3 is 20.1 Å². The fourth-order valence-electron chi connectivity index (χ4n) is 3.38. The zero-order valence-corrected chi connectivity index (χ0v) is 15.2. The van der Waals surface area contributed by atoms with Crippen LogP contribution in [-0.4, -0.2) is 44.0 Å². The van der Waals surface area contributed by atoms with Crippen molar-refractivity contribution in [3.63, 3.8) is 0 Å². The highest BCUT2D eigenvalue weighted by Crippen LogP contribution is 2.29. The van der Waals surface area contributed by atoms with Crippen molar-refractivity contribution in [3.05, 3.63) is 0 Å². The van der Waals surface area contributed by atoms with Crippen LogP contribution in [0, 0.1) is 11.3 Å². The number of amides is 1. The Morgan fingerprint density at radius 3 is 2.43 bits per heavy atom. The average molecular weight is 326 g/mol. The van der Waals surface area contributed by atoms with Crippen LogP contribution >= 0.6 is 0 Å². The Balaban J connectivity index is 1.83. The fourth-order valence-corrected chi connectivity index (χ4v) is 3.38. The van der Waals surface area contributed by atoms with Gasteiger partial charge in [-0.2, -0.15) is 0 Å². The van der Waals surface area contributed by atoms with Crippen molar-refractivity contribution in [1.82, 2.24) is 10.6 Å². The molecule has 5 nitrogen and oxygen atoms in total. The van der Waals surface area contributed by atoms with Crippen LogP contribution in [0.3, 0.4) is 0 Å². The Labute approximate surface area is 140 Å². The summed E-state index contributed by atoms with van der Waals surface area (Å²) in [6.45, 7) is 11.2. The van der Waals surface area contributed by atoms with Crippen LogP contribution < -0.4 is 10.6 Å². The minimum absolute atomic E-state index is 0.249. The molecule has 1 saturated heterocycles. The number of nitrogens with one attached hydrogen (secondary N) is 2. The Morgan fingerprint density at radius 2 is 1.91 bits per heavy atom. The molecule has 0 bridgehead atoms. The molecule has 2 fully saturated rings. The first-order valence-electron chi connectivity index (χ1n) is 9.05. The summed E-state index contributed by atoms with van der Waals surface area (Å²) in [7, 11) is 0. The lowest BCUT2D eigenvalue weighted by Gasteiger charge is -2.41. The summed E-state index contributed by atoms with van der Waals surface area (Å²) >= 11 is 0. The van der Waals surface area contributed by atoms with Crippen LogP contribution in [0.4, 0.5) is 4.79 Å². The van der Waals surface area contributed by atoms with Gasteiger partial charge in [-0.3, -0.25) is 0 Å². The largest absolute Gasteiger partial charge is 0.444 e. The maximum Gasteiger partial charge on any atom is 0.407 e. The molecule has 1 saturated carbocycles. The van der Waals surface area contributed by atoms with Crippen molar-refractivity contribution in [1.29, 1.82) is 0 Å². The third-order valence-corrected chi connectivity index (χ3v) is 4.78. The Kier molecular flexibility index (Phi) is 6.32. The molecule has 1 unspecified atom stereocenters. The fraction of sp³-hybridized carbons (Fsp3) is 0.944. The van der Waals surface area contributed by atoms with E-state index in [4.69, 9.17) is 9.47 Å². The van der Waals surface area contributed by atoms with Crippen LogP contribution in [0.2, 0.25) is 0 Å². The molecule has 2 rings (SSSR count). The lowest BCUT2D eigenvalue weighted by atomic mass is 9.82. The van der Waals surface area contributed by atoms with Crippen LogP contribution in [0.5, 0.6) is 0 Å². The Bertz CT molecular complexity index is 382. The quantitative estimate of drug-likeness (QED) is 0.787. The van der Waals surface area contributed by atoms with Crippen LogP contribution in [0.15, 0.2) is 0 Å². The molecule has 0 radical (unpaired) electrons. The van der Waals surface area contributed by atoms with E-state index in [9.17, 15) is 4.79 Å². The van der Waals surface area contributed by atoms with Gasteiger partial charge >= 0.3 is 6.09 Å². The number of hydrogen-bond acceptors (Lipinski definition) is 4. The molecular formula is C18H34N2O3. The molecule has 1 aliphatic carbocycles. The highest BCUT2D eigenvalue weighted by atomic mass is 16.6. The molecule has 0 aromatic carbocycles. The summed E-state index contributed by atoms with van der Waals surface area (Å²) in [5.41, 5.74) is -0.201. The first kappa shape index (κ1) is 18.5. The van der Waals surface area contributed by atoms with Crippen molar-refractivity contribution < 1.29 is 14.3 Å². The molecule has 0 spiro atoms. The van der Waals surface area contributed by atoms with Crippen molar-refractivity contribution in [3.8, 4) is 0 Å². The second-order valence-corrected chi connectivity index (χ2v) is 8.57. The molecule has 0 aromatic rings. The van der Waals surface area contributed by atoms with Crippen molar-refractivity contribution >= 4 is 6.09 Å². The second kappa shape index (κ2) is 7.84. The van der Waals surface area contributed by atoms with E-state index in [1.807, 2.05) is 20.8 Å². The normalized spacial score (nSPS) is 23.0. The molecule has 0 aromatic heterocycles. The van der Waals surface area contributed by atoms with Gasteiger partial charge in [0.2, 0.25) is 0 Å². The number of carbonyl (C=O) groups excluding carboxylic acids is 1. The standard InChI is InChI=1S/C18H34N2O3/c1-17(2,3)23-16(21)19-10-15(14-8-6-5-7-9-14)20-11-18(4)12-22-13-18/h14-15,20H,5-13H2,1-4H3,(H,19,21). The van der Waals surface area contributed by atoms with E-state index < -0.39 is 5.60 Å². The van der Waals surface area contributed by atoms with Gasteiger partial charge in [-0.1, -0.05) is 26.2 Å². The number of ether oxygens (including phenoxy) is 2. The molecule has 1 atom stereocenters. The van der Waals surface area contributed by atoms with Crippen LogP contribution in [-0.2, 0) is 9.47 Å². The molecule has 134 valence electrons. The van der Waals surface area contributed by atoms with Gasteiger partial charge in [0.15, 0.2) is 0 Å². The summed E-state index contributed by atoms with van der Waals surface area (Å²) in [6, 6.07) is 0.320. The molecule has 5 heteroatoms. The van der Waals surface area contributed by atoms with Crippen molar-refractivity contribution in [2.45, 2.75) is 71.4 Å². The minimum Gasteiger partial charge on any atom is -0.444 e. The highest BCUT2D eigenvalue weighted by Gasteiger charge is 2.35. The zero-order chi connectivity index (χ0) is 16.9. The summed E-state index contributed by atoms with van der Waals surface area (Å²) in [5.74, 6) is 0.642. The maximum absolute atomic E-state index is 11.9. The number of rotatable bonds is 6. The van der Waals surface area contributed by atoms with E-state index in [2.05, 4.69) is 17.6 Å². The average Bonchev–Trinajstić information content (AvgIpc) is 2.44. The van der Waals surface area contributed by atoms with Gasteiger partial charge in [-0.25, -0.2) is 4.79 Å². The summed E-state index contributed by atoms with van der Waals surface area (Å²) in [6.07, 6.45) is 6.12. The smallest absolute Gasteiger partial charge is 0.407 e. The molecule has 2 aliphatic rings. The van der Waals surface area contributed by atoms with E-state index in [0.29, 0.717) is 18.5 Å². The summed E-state index contributed by atoms with van der Waals surface area (Å²) < 4.78 is 10.7. The van der Waals surface area contributed by atoms with Gasteiger partial charge in [0.25, 0.3) is 0 Å². The van der Waals surface area contributed by atoms with Gasteiger partial charge in [-0.15, -0.1) is 0 Å². The Morgan fingerprint density at radius 1 is 1.26 bits per heavy atom. The molecular weight excluding hydrogens is 292 g/mol. The van der Waals surface area contributed by atoms with E-state index in [1.54, 1.807) is 0 Å². The van der Waals surface area contributed by atoms with Gasteiger partial charge in [-0.05, 0) is 39.5 Å². The topological polar surface area (TPSA) is 59.6 Å². The third-order valence-electron chi connectivity index (χ3n) is 4.78.